The normalized spacial score (nSPS) is 14.2. The molecule has 1 saturated heterocycles. The van der Waals surface area contributed by atoms with Gasteiger partial charge in [-0.1, -0.05) is 11.6 Å². The predicted octanol–water partition coefficient (Wildman–Crippen LogP) is 6.39. The molecule has 13 nitrogen and oxygen atoms in total. The molecule has 6 N–H and O–H groups in total. The highest BCUT2D eigenvalue weighted by Gasteiger charge is 2.39. The number of ether oxygens (including phenoxy) is 1. The number of aromatic nitrogens is 3. The van der Waals surface area contributed by atoms with E-state index in [1.807, 2.05) is 18.3 Å². The standard InChI is InChI=1S/C23H25ClN6O.3C2HF3O2/c24-20-13-27-23-29-19-9-16(11-26-12-19)1-2-17-10-18(28-22(20)30-23)3-4-21(17)31-14-15-5-7-25-8-6-15;3*3-2(4,5)1(6)7/h3-4,9-13,15,25H,1-2,5-8,14H2,(H2,27,28,29,30);3*(H,6,7). The molecule has 23 heteroatoms. The number of pyridine rings is 1. The highest BCUT2D eigenvalue weighted by molar-refractivity contribution is 6.32. The quantitative estimate of drug-likeness (QED) is 0.160. The average Bonchev–Trinajstić information content (AvgIpc) is 3.05. The SMILES string of the molecule is Clc1cnc2nc1Nc1ccc(OCC3CCNCC3)c(c1)CCc1cncc(c1)N2.O=C(O)C(F)(F)F.O=C(O)C(F)(F)F.O=C(O)C(F)(F)F. The predicted molar refractivity (Wildman–Crippen MR) is 164 cm³/mol. The maximum atomic E-state index is 10.6. The third-order valence-corrected chi connectivity index (χ3v) is 6.74. The van der Waals surface area contributed by atoms with Crippen molar-refractivity contribution in [2.45, 2.75) is 44.2 Å². The Balaban J connectivity index is 0.000000365. The Morgan fingerprint density at radius 2 is 1.35 bits per heavy atom. The Hall–Kier alpha value is -5.12. The summed E-state index contributed by atoms with van der Waals surface area (Å²) in [5.41, 5.74) is 4.06. The highest BCUT2D eigenvalue weighted by Crippen LogP contribution is 2.31. The van der Waals surface area contributed by atoms with E-state index in [1.165, 1.54) is 0 Å². The number of carbonyl (C=O) groups is 3. The van der Waals surface area contributed by atoms with Gasteiger partial charge in [-0.05, 0) is 80.1 Å². The van der Waals surface area contributed by atoms with Crippen molar-refractivity contribution < 1.29 is 74.0 Å². The number of carboxylic acid groups (broad SMARTS) is 3. The molecule has 0 amide bonds. The van der Waals surface area contributed by atoms with E-state index in [-0.39, 0.29) is 0 Å². The van der Waals surface area contributed by atoms with E-state index in [0.717, 1.165) is 73.6 Å². The lowest BCUT2D eigenvalue weighted by atomic mass is 9.99. The fourth-order valence-electron chi connectivity index (χ4n) is 4.00. The molecule has 1 aromatic carbocycles. The number of hydrogen-bond acceptors (Lipinski definition) is 10. The maximum Gasteiger partial charge on any atom is 0.490 e. The minimum absolute atomic E-state index is 0.458. The van der Waals surface area contributed by atoms with Gasteiger partial charge in [0.2, 0.25) is 5.95 Å². The van der Waals surface area contributed by atoms with E-state index in [9.17, 15) is 39.5 Å². The number of piperidine rings is 1. The molecule has 5 rings (SSSR count). The van der Waals surface area contributed by atoms with Gasteiger partial charge in [0, 0.05) is 11.9 Å². The van der Waals surface area contributed by atoms with Crippen LogP contribution in [0.3, 0.4) is 0 Å². The molecule has 2 aromatic heterocycles. The molecule has 0 radical (unpaired) electrons. The molecule has 0 aliphatic carbocycles. The van der Waals surface area contributed by atoms with Crippen molar-refractivity contribution in [3.8, 4) is 5.75 Å². The number of hydrogen-bond donors (Lipinski definition) is 6. The summed E-state index contributed by atoms with van der Waals surface area (Å²) in [5.74, 6) is -5.71. The van der Waals surface area contributed by atoms with Gasteiger partial charge in [0.25, 0.3) is 0 Å². The van der Waals surface area contributed by atoms with Crippen LogP contribution >= 0.6 is 11.6 Å². The zero-order valence-corrected chi connectivity index (χ0v) is 26.9. The molecule has 0 saturated carbocycles. The molecule has 1 fully saturated rings. The fourth-order valence-corrected chi connectivity index (χ4v) is 4.14. The first-order valence-corrected chi connectivity index (χ1v) is 14.8. The molecule has 0 atom stereocenters. The largest absolute Gasteiger partial charge is 0.493 e. The maximum absolute atomic E-state index is 10.6. The Morgan fingerprint density at radius 1 is 0.788 bits per heavy atom. The highest BCUT2D eigenvalue weighted by atomic mass is 35.5. The van der Waals surface area contributed by atoms with Gasteiger partial charge >= 0.3 is 36.4 Å². The third kappa shape index (κ3) is 15.4. The van der Waals surface area contributed by atoms with Gasteiger partial charge in [0.1, 0.15) is 10.8 Å². The number of anilines is 4. The number of benzene rings is 1. The van der Waals surface area contributed by atoms with Gasteiger partial charge in [-0.25, -0.2) is 19.4 Å². The average molecular weight is 779 g/mol. The summed E-state index contributed by atoms with van der Waals surface area (Å²) >= 11 is 6.34. The molecule has 3 aromatic rings. The van der Waals surface area contributed by atoms with Crippen molar-refractivity contribution in [3.05, 3.63) is 59.0 Å². The van der Waals surface area contributed by atoms with Crippen molar-refractivity contribution in [2.24, 2.45) is 5.92 Å². The lowest BCUT2D eigenvalue weighted by Gasteiger charge is -2.23. The van der Waals surface area contributed by atoms with Crippen molar-refractivity contribution >= 4 is 52.6 Å². The summed E-state index contributed by atoms with van der Waals surface area (Å²) in [6.45, 7) is 2.90. The summed E-state index contributed by atoms with van der Waals surface area (Å²) < 4.78 is 102. The Kier molecular flexibility index (Phi) is 15.7. The van der Waals surface area contributed by atoms with Gasteiger partial charge in [-0.15, -0.1) is 0 Å². The van der Waals surface area contributed by atoms with Crippen LogP contribution in [-0.2, 0) is 27.2 Å². The zero-order chi connectivity index (χ0) is 39.3. The second-order valence-corrected chi connectivity index (χ2v) is 10.9. The monoisotopic (exact) mass is 778 g/mol. The summed E-state index contributed by atoms with van der Waals surface area (Å²) in [4.78, 5) is 39.9. The van der Waals surface area contributed by atoms with Crippen molar-refractivity contribution in [3.63, 3.8) is 0 Å². The number of fused-ring (bicyclic) bond motifs is 6. The minimum atomic E-state index is -5.08. The topological polar surface area (TPSA) is 196 Å². The summed E-state index contributed by atoms with van der Waals surface area (Å²) in [6, 6.07) is 8.25. The molecule has 2 aliphatic heterocycles. The molecular weight excluding hydrogens is 751 g/mol. The number of alkyl halides is 9. The van der Waals surface area contributed by atoms with Crippen molar-refractivity contribution in [1.82, 2.24) is 20.3 Å². The molecule has 6 bridgehead atoms. The number of rotatable bonds is 3. The van der Waals surface area contributed by atoms with E-state index in [1.54, 1.807) is 12.4 Å². The first-order valence-electron chi connectivity index (χ1n) is 14.4. The Bertz CT molecular complexity index is 1610. The number of aliphatic carboxylic acids is 3. The van der Waals surface area contributed by atoms with E-state index in [2.05, 4.69) is 43.0 Å². The second kappa shape index (κ2) is 18.9. The number of carboxylic acids is 3. The van der Waals surface area contributed by atoms with E-state index in [0.29, 0.717) is 22.7 Å². The molecule has 2 aliphatic rings. The molecule has 52 heavy (non-hydrogen) atoms. The first-order chi connectivity index (χ1) is 24.1. The van der Waals surface area contributed by atoms with E-state index >= 15 is 0 Å². The van der Waals surface area contributed by atoms with Crippen LogP contribution < -0.4 is 20.7 Å². The minimum Gasteiger partial charge on any atom is -0.493 e. The number of halogens is 10. The van der Waals surface area contributed by atoms with Gasteiger partial charge in [-0.2, -0.15) is 44.5 Å². The van der Waals surface area contributed by atoms with Gasteiger partial charge < -0.3 is 36.0 Å². The molecule has 0 spiro atoms. The van der Waals surface area contributed by atoms with E-state index in [4.69, 9.17) is 46.0 Å². The molecule has 0 unspecified atom stereocenters. The van der Waals surface area contributed by atoms with Crippen LogP contribution in [0.15, 0.2) is 42.9 Å². The molecular formula is C29H28ClF9N6O7. The van der Waals surface area contributed by atoms with Crippen LogP contribution in [0.1, 0.15) is 24.0 Å². The molecule has 4 heterocycles. The summed E-state index contributed by atoms with van der Waals surface area (Å²) in [7, 11) is 0. The fraction of sp³-hybridized carbons (Fsp3) is 0.379. The lowest BCUT2D eigenvalue weighted by molar-refractivity contribution is -0.193. The van der Waals surface area contributed by atoms with Crippen LogP contribution in [0.25, 0.3) is 0 Å². The van der Waals surface area contributed by atoms with Crippen LogP contribution in [0.2, 0.25) is 5.02 Å². The first kappa shape index (κ1) is 43.0. The Morgan fingerprint density at radius 3 is 1.88 bits per heavy atom. The Labute approximate surface area is 292 Å². The number of aryl methyl sites for hydroxylation is 2. The van der Waals surface area contributed by atoms with Gasteiger partial charge in [-0.3, -0.25) is 4.98 Å². The van der Waals surface area contributed by atoms with Gasteiger partial charge in [0.05, 0.1) is 24.7 Å². The summed E-state index contributed by atoms with van der Waals surface area (Å²) in [5, 5.41) is 31.8. The lowest BCUT2D eigenvalue weighted by Crippen LogP contribution is -2.30. The van der Waals surface area contributed by atoms with Crippen LogP contribution in [0.4, 0.5) is 62.7 Å². The van der Waals surface area contributed by atoms with Crippen LogP contribution in [0.5, 0.6) is 5.75 Å². The van der Waals surface area contributed by atoms with E-state index < -0.39 is 36.4 Å². The smallest absolute Gasteiger partial charge is 0.490 e. The zero-order valence-electron chi connectivity index (χ0n) is 26.2. The second-order valence-electron chi connectivity index (χ2n) is 10.5. The number of nitrogens with one attached hydrogen (secondary N) is 3. The van der Waals surface area contributed by atoms with Crippen molar-refractivity contribution in [1.29, 1.82) is 0 Å². The molecule has 286 valence electrons. The van der Waals surface area contributed by atoms with Crippen molar-refractivity contribution in [2.75, 3.05) is 30.3 Å². The third-order valence-electron chi connectivity index (χ3n) is 6.46. The van der Waals surface area contributed by atoms with Crippen LogP contribution in [0, 0.1) is 5.92 Å². The summed E-state index contributed by atoms with van der Waals surface area (Å²) in [6.07, 6.45) is -5.97. The van der Waals surface area contributed by atoms with Gasteiger partial charge in [0.15, 0.2) is 5.82 Å². The van der Waals surface area contributed by atoms with Crippen LogP contribution in [-0.4, -0.2) is 86.4 Å². The number of nitrogens with zero attached hydrogens (tertiary/aromatic N) is 3.